The molecule has 37 heavy (non-hydrogen) atoms. The van der Waals surface area contributed by atoms with Crippen LogP contribution in [0, 0.1) is 20.8 Å². The highest BCUT2D eigenvalue weighted by molar-refractivity contribution is 5.97. The molecule has 190 valence electrons. The zero-order valence-electron chi connectivity index (χ0n) is 20.6. The summed E-state index contributed by atoms with van der Waals surface area (Å²) in [4.78, 5) is 40.4. The van der Waals surface area contributed by atoms with E-state index in [1.807, 2.05) is 26.8 Å². The lowest BCUT2D eigenvalue weighted by molar-refractivity contribution is -0.141. The summed E-state index contributed by atoms with van der Waals surface area (Å²) in [7, 11) is 0. The summed E-state index contributed by atoms with van der Waals surface area (Å²) in [5.41, 5.74) is 4.01. The molecule has 5 rings (SSSR count). The molecule has 0 spiro atoms. The minimum atomic E-state index is -1.18. The van der Waals surface area contributed by atoms with Crippen molar-refractivity contribution >= 4 is 44.7 Å². The second kappa shape index (κ2) is 9.16. The van der Waals surface area contributed by atoms with Gasteiger partial charge in [-0.1, -0.05) is 0 Å². The zero-order chi connectivity index (χ0) is 26.4. The molecule has 0 bridgehead atoms. The first-order chi connectivity index (χ1) is 17.6. The van der Waals surface area contributed by atoms with Gasteiger partial charge in [-0.2, -0.15) is 0 Å². The predicted molar refractivity (Wildman–Crippen MR) is 138 cm³/mol. The highest BCUT2D eigenvalue weighted by Crippen LogP contribution is 2.31. The number of aryl methyl sites for hydroxylation is 3. The average molecular weight is 503 g/mol. The van der Waals surface area contributed by atoms with Crippen molar-refractivity contribution in [2.75, 3.05) is 0 Å². The van der Waals surface area contributed by atoms with E-state index < -0.39 is 23.5 Å². The standard InChI is InChI=1S/C28H26N2O7/c1-13-15(3)36-24-11-25-20(10-19(13)24)14(2)18(28(35)37-25)5-7-26(32)30-23(27(33)34)8-16-12-29-22-6-4-17(31)9-21(16)22/h4,6,9-12,23,29,31H,5,7-8H2,1-3H3,(H,30,32)(H,33,34)/t23-/m1/s1. The molecule has 0 saturated carbocycles. The third-order valence-corrected chi connectivity index (χ3v) is 6.99. The summed E-state index contributed by atoms with van der Waals surface area (Å²) in [6.07, 6.45) is 1.71. The fraction of sp³-hybridized carbons (Fsp3) is 0.250. The van der Waals surface area contributed by atoms with Crippen LogP contribution in [0.2, 0.25) is 0 Å². The fourth-order valence-corrected chi connectivity index (χ4v) is 4.77. The van der Waals surface area contributed by atoms with E-state index in [1.165, 1.54) is 6.07 Å². The summed E-state index contributed by atoms with van der Waals surface area (Å²) in [5, 5.41) is 24.4. The van der Waals surface area contributed by atoms with E-state index in [2.05, 4.69) is 10.3 Å². The Bertz CT molecular complexity index is 1760. The van der Waals surface area contributed by atoms with Crippen LogP contribution in [0.25, 0.3) is 32.8 Å². The van der Waals surface area contributed by atoms with Crippen molar-refractivity contribution in [2.45, 2.75) is 46.1 Å². The summed E-state index contributed by atoms with van der Waals surface area (Å²) in [6.45, 7) is 5.65. The van der Waals surface area contributed by atoms with Gasteiger partial charge in [0, 0.05) is 52.3 Å². The third-order valence-electron chi connectivity index (χ3n) is 6.99. The van der Waals surface area contributed by atoms with E-state index in [9.17, 15) is 24.6 Å². The predicted octanol–water partition coefficient (Wildman–Crippen LogP) is 4.40. The lowest BCUT2D eigenvalue weighted by atomic mass is 10.00. The van der Waals surface area contributed by atoms with Gasteiger partial charge < -0.3 is 29.3 Å². The number of aromatic hydroxyl groups is 1. The molecular formula is C28H26N2O7. The SMILES string of the molecule is Cc1oc2cc3oc(=O)c(CCC(=O)N[C@H](Cc4c[nH]c5ccc(O)cc45)C(=O)O)c(C)c3cc2c1C. The van der Waals surface area contributed by atoms with Gasteiger partial charge in [-0.3, -0.25) is 4.79 Å². The molecule has 1 atom stereocenters. The largest absolute Gasteiger partial charge is 0.508 e. The Kier molecular flexibility index (Phi) is 5.99. The molecule has 0 fully saturated rings. The molecule has 4 N–H and O–H groups in total. The first kappa shape index (κ1) is 24.2. The van der Waals surface area contributed by atoms with Gasteiger partial charge >= 0.3 is 11.6 Å². The lowest BCUT2D eigenvalue weighted by Gasteiger charge is -2.15. The molecule has 0 aliphatic rings. The van der Waals surface area contributed by atoms with Crippen LogP contribution in [-0.4, -0.2) is 33.1 Å². The quantitative estimate of drug-likeness (QED) is 0.241. The number of benzene rings is 2. The Morgan fingerprint density at radius 1 is 1.00 bits per heavy atom. The number of carboxylic acids is 1. The number of carboxylic acid groups (broad SMARTS) is 1. The van der Waals surface area contributed by atoms with E-state index in [-0.39, 0.29) is 25.0 Å². The molecule has 0 radical (unpaired) electrons. The van der Waals surface area contributed by atoms with Crippen molar-refractivity contribution in [1.82, 2.24) is 10.3 Å². The van der Waals surface area contributed by atoms with Gasteiger partial charge in [0.1, 0.15) is 28.7 Å². The van der Waals surface area contributed by atoms with Gasteiger partial charge in [-0.15, -0.1) is 0 Å². The third kappa shape index (κ3) is 4.44. The van der Waals surface area contributed by atoms with Crippen molar-refractivity contribution in [3.8, 4) is 5.75 Å². The van der Waals surface area contributed by atoms with Gasteiger partial charge in [0.25, 0.3) is 0 Å². The molecule has 0 aliphatic heterocycles. The number of rotatable bonds is 7. The monoisotopic (exact) mass is 502 g/mol. The Morgan fingerprint density at radius 2 is 1.73 bits per heavy atom. The molecule has 3 heterocycles. The van der Waals surface area contributed by atoms with E-state index in [1.54, 1.807) is 24.4 Å². The van der Waals surface area contributed by atoms with Crippen LogP contribution in [-0.2, 0) is 22.4 Å². The van der Waals surface area contributed by atoms with Crippen molar-refractivity contribution in [3.63, 3.8) is 0 Å². The number of aromatic amines is 1. The Labute approximate surface area is 210 Å². The maximum atomic E-state index is 12.7. The summed E-state index contributed by atoms with van der Waals surface area (Å²) in [5.74, 6) is -0.822. The number of nitrogens with one attached hydrogen (secondary N) is 2. The van der Waals surface area contributed by atoms with E-state index in [4.69, 9.17) is 8.83 Å². The number of fused-ring (bicyclic) bond motifs is 3. The minimum Gasteiger partial charge on any atom is -0.508 e. The highest BCUT2D eigenvalue weighted by Gasteiger charge is 2.23. The van der Waals surface area contributed by atoms with Crippen LogP contribution in [0.15, 0.2) is 50.2 Å². The van der Waals surface area contributed by atoms with Crippen LogP contribution in [0.1, 0.15) is 34.4 Å². The fourth-order valence-electron chi connectivity index (χ4n) is 4.77. The molecule has 1 amide bonds. The number of amides is 1. The number of carbonyl (C=O) groups is 2. The number of aliphatic carboxylic acids is 1. The number of phenols is 1. The summed E-state index contributed by atoms with van der Waals surface area (Å²) in [6, 6.07) is 7.23. The van der Waals surface area contributed by atoms with Crippen molar-refractivity contribution < 1.29 is 28.6 Å². The average Bonchev–Trinajstić information content (AvgIpc) is 3.36. The second-order valence-electron chi connectivity index (χ2n) is 9.33. The Hall–Kier alpha value is -4.53. The van der Waals surface area contributed by atoms with Crippen LogP contribution >= 0.6 is 0 Å². The van der Waals surface area contributed by atoms with Crippen LogP contribution in [0.4, 0.5) is 0 Å². The maximum Gasteiger partial charge on any atom is 0.339 e. The molecule has 2 aromatic carbocycles. The van der Waals surface area contributed by atoms with Crippen molar-refractivity contribution in [3.05, 3.63) is 75.0 Å². The van der Waals surface area contributed by atoms with Crippen LogP contribution in [0.5, 0.6) is 5.75 Å². The normalized spacial score (nSPS) is 12.4. The summed E-state index contributed by atoms with van der Waals surface area (Å²) >= 11 is 0. The molecular weight excluding hydrogens is 476 g/mol. The Morgan fingerprint density at radius 3 is 2.49 bits per heavy atom. The zero-order valence-corrected chi connectivity index (χ0v) is 20.6. The van der Waals surface area contributed by atoms with Crippen LogP contribution in [0.3, 0.4) is 0 Å². The Balaban J connectivity index is 1.34. The first-order valence-electron chi connectivity index (χ1n) is 11.9. The maximum absolute atomic E-state index is 12.7. The second-order valence-corrected chi connectivity index (χ2v) is 9.33. The number of hydrogen-bond donors (Lipinski definition) is 4. The first-order valence-corrected chi connectivity index (χ1v) is 11.9. The van der Waals surface area contributed by atoms with E-state index >= 15 is 0 Å². The molecule has 0 unspecified atom stereocenters. The van der Waals surface area contributed by atoms with Gasteiger partial charge in [-0.25, -0.2) is 9.59 Å². The molecule has 5 aromatic rings. The lowest BCUT2D eigenvalue weighted by Crippen LogP contribution is -2.42. The number of carbonyl (C=O) groups excluding carboxylic acids is 1. The van der Waals surface area contributed by atoms with Gasteiger partial charge in [0.05, 0.1) is 0 Å². The number of H-pyrrole nitrogens is 1. The highest BCUT2D eigenvalue weighted by atomic mass is 16.4. The van der Waals surface area contributed by atoms with E-state index in [0.29, 0.717) is 33.2 Å². The van der Waals surface area contributed by atoms with E-state index in [0.717, 1.165) is 27.6 Å². The van der Waals surface area contributed by atoms with Crippen molar-refractivity contribution in [2.24, 2.45) is 0 Å². The summed E-state index contributed by atoms with van der Waals surface area (Å²) < 4.78 is 11.3. The molecule has 3 aromatic heterocycles. The molecule has 9 nitrogen and oxygen atoms in total. The van der Waals surface area contributed by atoms with Gasteiger partial charge in [0.2, 0.25) is 5.91 Å². The molecule has 9 heteroatoms. The topological polar surface area (TPSA) is 146 Å². The number of aromatic nitrogens is 1. The number of furan rings is 1. The van der Waals surface area contributed by atoms with Crippen LogP contribution < -0.4 is 10.9 Å². The van der Waals surface area contributed by atoms with Gasteiger partial charge in [-0.05, 0) is 68.1 Å². The number of phenolic OH excluding ortho intramolecular Hbond substituents is 1. The van der Waals surface area contributed by atoms with Gasteiger partial charge in [0.15, 0.2) is 0 Å². The number of hydrogen-bond acceptors (Lipinski definition) is 6. The smallest absolute Gasteiger partial charge is 0.339 e. The molecule has 0 aliphatic carbocycles. The molecule has 0 saturated heterocycles. The minimum absolute atomic E-state index is 0.0289. The van der Waals surface area contributed by atoms with Crippen molar-refractivity contribution in [1.29, 1.82) is 0 Å².